The average molecular weight is 467 g/mol. The lowest BCUT2D eigenvalue weighted by Gasteiger charge is -2.25. The molecule has 170 valence electrons. The van der Waals surface area contributed by atoms with Gasteiger partial charge in [0.15, 0.2) is 0 Å². The van der Waals surface area contributed by atoms with Gasteiger partial charge in [0.2, 0.25) is 5.91 Å². The van der Waals surface area contributed by atoms with E-state index in [0.717, 1.165) is 12.1 Å². The molecule has 0 aromatic heterocycles. The van der Waals surface area contributed by atoms with Crippen molar-refractivity contribution in [2.24, 2.45) is 5.92 Å². The van der Waals surface area contributed by atoms with Gasteiger partial charge in [0.25, 0.3) is 0 Å². The fraction of sp³-hybridized carbons (Fsp3) is 0.435. The Morgan fingerprint density at radius 1 is 1.10 bits per heavy atom. The van der Waals surface area contributed by atoms with Crippen LogP contribution in [-0.2, 0) is 21.5 Å². The van der Waals surface area contributed by atoms with Gasteiger partial charge in [0, 0.05) is 26.1 Å². The number of carbonyl (C=O) groups is 1. The van der Waals surface area contributed by atoms with Crippen LogP contribution in [0, 0.1) is 12.8 Å². The highest BCUT2D eigenvalue weighted by molar-refractivity contribution is 7.87. The zero-order valence-electron chi connectivity index (χ0n) is 18.8. The molecular weight excluding hydrogens is 436 g/mol. The van der Waals surface area contributed by atoms with Crippen molar-refractivity contribution < 1.29 is 17.4 Å². The van der Waals surface area contributed by atoms with Gasteiger partial charge >= 0.3 is 10.1 Å². The molecule has 0 heterocycles. The molecule has 0 aliphatic heterocycles. The van der Waals surface area contributed by atoms with Gasteiger partial charge in [-0.15, -0.1) is 0 Å². The largest absolute Gasteiger partial charge is 0.379 e. The maximum absolute atomic E-state index is 12.8. The number of likely N-dealkylation sites (N-methyl/N-ethyl adjacent to an activating group) is 1. The number of hydrogen-bond donors (Lipinski definition) is 0. The summed E-state index contributed by atoms with van der Waals surface area (Å²) in [6.07, 6.45) is 0.462. The molecule has 2 aromatic carbocycles. The monoisotopic (exact) mass is 466 g/mol. The summed E-state index contributed by atoms with van der Waals surface area (Å²) in [5.74, 6) is 0.510. The third-order valence-electron chi connectivity index (χ3n) is 4.64. The number of nitrogens with zero attached hydrogens (tertiary/aromatic N) is 2. The van der Waals surface area contributed by atoms with Crippen LogP contribution in [0.3, 0.4) is 0 Å². The molecule has 0 atom stereocenters. The summed E-state index contributed by atoms with van der Waals surface area (Å²) in [4.78, 5) is 16.5. The van der Waals surface area contributed by atoms with E-state index in [1.54, 1.807) is 42.2 Å². The smallest absolute Gasteiger partial charge is 0.340 e. The highest BCUT2D eigenvalue weighted by atomic mass is 35.5. The molecule has 6 nitrogen and oxygen atoms in total. The van der Waals surface area contributed by atoms with E-state index in [1.165, 1.54) is 6.07 Å². The van der Waals surface area contributed by atoms with E-state index in [-0.39, 0.29) is 27.5 Å². The van der Waals surface area contributed by atoms with E-state index >= 15 is 0 Å². The van der Waals surface area contributed by atoms with Crippen molar-refractivity contribution >= 4 is 27.6 Å². The van der Waals surface area contributed by atoms with Crippen LogP contribution in [-0.4, -0.2) is 51.3 Å². The van der Waals surface area contributed by atoms with Crippen molar-refractivity contribution in [1.29, 1.82) is 0 Å². The van der Waals surface area contributed by atoms with Crippen LogP contribution in [0.4, 0.5) is 0 Å². The first kappa shape index (κ1) is 25.2. The van der Waals surface area contributed by atoms with Crippen molar-refractivity contribution in [1.82, 2.24) is 9.80 Å². The predicted octanol–water partition coefficient (Wildman–Crippen LogP) is 4.35. The molecule has 0 radical (unpaired) electrons. The molecule has 0 spiro atoms. The second-order valence-corrected chi connectivity index (χ2v) is 10.2. The summed E-state index contributed by atoms with van der Waals surface area (Å²) < 4.78 is 31.0. The van der Waals surface area contributed by atoms with Crippen LogP contribution in [0.15, 0.2) is 47.4 Å². The Kier molecular flexibility index (Phi) is 8.91. The van der Waals surface area contributed by atoms with Gasteiger partial charge in [-0.25, -0.2) is 0 Å². The van der Waals surface area contributed by atoms with E-state index in [9.17, 15) is 13.2 Å². The van der Waals surface area contributed by atoms with Crippen LogP contribution >= 0.6 is 11.6 Å². The minimum atomic E-state index is -4.09. The first-order valence-electron chi connectivity index (χ1n) is 10.2. The Morgan fingerprint density at radius 3 is 2.39 bits per heavy atom. The SMILES string of the molecule is Cc1cccc(Cl)c1S(=O)(=O)Oc1cccc(CN(CCN(C)C)C(=O)CC(C)C)c1. The molecular formula is C23H31ClN2O4S. The predicted molar refractivity (Wildman–Crippen MR) is 124 cm³/mol. The Bertz CT molecular complexity index is 986. The summed E-state index contributed by atoms with van der Waals surface area (Å²) in [6.45, 7) is 7.39. The lowest BCUT2D eigenvalue weighted by atomic mass is 10.1. The van der Waals surface area contributed by atoms with E-state index in [4.69, 9.17) is 15.8 Å². The van der Waals surface area contributed by atoms with Crippen LogP contribution in [0.5, 0.6) is 5.75 Å². The van der Waals surface area contributed by atoms with Gasteiger partial charge < -0.3 is 14.0 Å². The molecule has 0 saturated carbocycles. The summed E-state index contributed by atoms with van der Waals surface area (Å²) in [6, 6.07) is 11.7. The van der Waals surface area contributed by atoms with Gasteiger partial charge in [0.1, 0.15) is 10.6 Å². The van der Waals surface area contributed by atoms with E-state index < -0.39 is 10.1 Å². The Labute approximate surface area is 190 Å². The van der Waals surface area contributed by atoms with Gasteiger partial charge in [-0.05, 0) is 56.3 Å². The second-order valence-electron chi connectivity index (χ2n) is 8.29. The quantitative estimate of drug-likeness (QED) is 0.487. The molecule has 0 saturated heterocycles. The van der Waals surface area contributed by atoms with Crippen molar-refractivity contribution in [2.75, 3.05) is 27.2 Å². The van der Waals surface area contributed by atoms with Crippen LogP contribution in [0.25, 0.3) is 0 Å². The number of hydrogen-bond acceptors (Lipinski definition) is 5. The third-order valence-corrected chi connectivity index (χ3v) is 6.53. The molecule has 2 aromatic rings. The minimum absolute atomic E-state index is 0.0400. The maximum Gasteiger partial charge on any atom is 0.340 e. The van der Waals surface area contributed by atoms with Crippen LogP contribution < -0.4 is 4.18 Å². The molecule has 2 rings (SSSR count). The number of aryl methyl sites for hydroxylation is 1. The molecule has 8 heteroatoms. The van der Waals surface area contributed by atoms with Crippen LogP contribution in [0.1, 0.15) is 31.4 Å². The van der Waals surface area contributed by atoms with E-state index in [2.05, 4.69) is 0 Å². The lowest BCUT2D eigenvalue weighted by Crippen LogP contribution is -2.36. The molecule has 31 heavy (non-hydrogen) atoms. The maximum atomic E-state index is 12.8. The highest BCUT2D eigenvalue weighted by Gasteiger charge is 2.23. The van der Waals surface area contributed by atoms with Gasteiger partial charge in [-0.3, -0.25) is 4.79 Å². The summed E-state index contributed by atoms with van der Waals surface area (Å²) in [5.41, 5.74) is 1.30. The lowest BCUT2D eigenvalue weighted by molar-refractivity contribution is -0.132. The Morgan fingerprint density at radius 2 is 1.77 bits per heavy atom. The normalized spacial score (nSPS) is 11.7. The Hall–Kier alpha value is -2.09. The summed E-state index contributed by atoms with van der Waals surface area (Å²) in [7, 11) is -0.174. The summed E-state index contributed by atoms with van der Waals surface area (Å²) in [5, 5.41) is 0.116. The topological polar surface area (TPSA) is 66.9 Å². The highest BCUT2D eigenvalue weighted by Crippen LogP contribution is 2.28. The van der Waals surface area contributed by atoms with Crippen molar-refractivity contribution in [3.8, 4) is 5.75 Å². The molecule has 0 fully saturated rings. The van der Waals surface area contributed by atoms with Crippen molar-refractivity contribution in [2.45, 2.75) is 38.6 Å². The number of halogens is 1. The van der Waals surface area contributed by atoms with E-state index in [1.807, 2.05) is 38.9 Å². The van der Waals surface area contributed by atoms with Gasteiger partial charge in [-0.1, -0.05) is 49.7 Å². The average Bonchev–Trinajstić information content (AvgIpc) is 2.63. The molecule has 0 unspecified atom stereocenters. The van der Waals surface area contributed by atoms with E-state index in [0.29, 0.717) is 25.1 Å². The van der Waals surface area contributed by atoms with Crippen molar-refractivity contribution in [3.63, 3.8) is 0 Å². The summed E-state index contributed by atoms with van der Waals surface area (Å²) >= 11 is 6.11. The minimum Gasteiger partial charge on any atom is -0.379 e. The molecule has 0 N–H and O–H groups in total. The Balaban J connectivity index is 2.23. The number of carbonyl (C=O) groups excluding carboxylic acids is 1. The van der Waals surface area contributed by atoms with Gasteiger partial charge in [-0.2, -0.15) is 8.42 Å². The number of benzene rings is 2. The zero-order chi connectivity index (χ0) is 23.2. The fourth-order valence-corrected chi connectivity index (χ4v) is 4.82. The first-order chi connectivity index (χ1) is 14.5. The fourth-order valence-electron chi connectivity index (χ4n) is 3.11. The number of rotatable bonds is 10. The number of amides is 1. The second kappa shape index (κ2) is 11.0. The van der Waals surface area contributed by atoms with Crippen molar-refractivity contribution in [3.05, 3.63) is 58.6 Å². The first-order valence-corrected chi connectivity index (χ1v) is 12.0. The zero-order valence-corrected chi connectivity index (χ0v) is 20.3. The molecule has 0 aliphatic rings. The van der Waals surface area contributed by atoms with Crippen LogP contribution in [0.2, 0.25) is 5.02 Å². The molecule has 0 bridgehead atoms. The molecule has 1 amide bonds. The third kappa shape index (κ3) is 7.52. The standard InChI is InChI=1S/C23H31ClN2O4S/c1-17(2)14-22(27)26(13-12-25(4)5)16-19-9-7-10-20(15-19)30-31(28,29)23-18(3)8-6-11-21(23)24/h6-11,15,17H,12-14,16H2,1-5H3. The van der Waals surface area contributed by atoms with Gasteiger partial charge in [0.05, 0.1) is 5.02 Å². The molecule has 0 aliphatic carbocycles.